The van der Waals surface area contributed by atoms with Gasteiger partial charge < -0.3 is 14.2 Å². The van der Waals surface area contributed by atoms with Crippen LogP contribution in [0.25, 0.3) is 0 Å². The Kier molecular flexibility index (Phi) is 7.20. The van der Waals surface area contributed by atoms with Crippen LogP contribution in [0.1, 0.15) is 23.1 Å². The van der Waals surface area contributed by atoms with Gasteiger partial charge in [-0.3, -0.25) is 9.69 Å². The Morgan fingerprint density at radius 2 is 1.61 bits per heavy atom. The molecule has 0 N–H and O–H groups in total. The average Bonchev–Trinajstić information content (AvgIpc) is 3.10. The molecule has 1 aliphatic rings. The summed E-state index contributed by atoms with van der Waals surface area (Å²) in [5, 5.41) is 0. The van der Waals surface area contributed by atoms with Crippen molar-refractivity contribution in [3.8, 4) is 17.2 Å². The summed E-state index contributed by atoms with van der Waals surface area (Å²) in [5.74, 6) is 2.17. The molecule has 0 spiro atoms. The van der Waals surface area contributed by atoms with Gasteiger partial charge in [0.2, 0.25) is 0 Å². The van der Waals surface area contributed by atoms with E-state index in [1.807, 2.05) is 24.3 Å². The van der Waals surface area contributed by atoms with E-state index in [4.69, 9.17) is 14.2 Å². The zero-order valence-corrected chi connectivity index (χ0v) is 20.0. The number of rotatable bonds is 9. The summed E-state index contributed by atoms with van der Waals surface area (Å²) in [6.45, 7) is 3.35. The number of aryl methyl sites for hydroxylation is 1. The summed E-state index contributed by atoms with van der Waals surface area (Å²) < 4.78 is 19.0. The van der Waals surface area contributed by atoms with Crippen molar-refractivity contribution >= 4 is 11.5 Å². The van der Waals surface area contributed by atoms with Crippen LogP contribution in [-0.4, -0.2) is 47.8 Å². The van der Waals surface area contributed by atoms with Gasteiger partial charge >= 0.3 is 10.6 Å². The summed E-state index contributed by atoms with van der Waals surface area (Å²) in [5.41, 5.74) is 3.07. The highest BCUT2D eigenvalue weighted by molar-refractivity contribution is 7.03. The Hall–Kier alpha value is -3.04. The summed E-state index contributed by atoms with van der Waals surface area (Å²) in [4.78, 5) is 27.4. The highest BCUT2D eigenvalue weighted by Gasteiger charge is 2.19. The third-order valence-electron chi connectivity index (χ3n) is 6.01. The smallest absolute Gasteiger partial charge is 0.341 e. The minimum absolute atomic E-state index is 0.208. The average molecular weight is 472 g/mol. The highest BCUT2D eigenvalue weighted by Crippen LogP contribution is 2.33. The lowest BCUT2D eigenvalue weighted by atomic mass is 9.98. The minimum atomic E-state index is -0.267. The molecule has 0 saturated heterocycles. The lowest BCUT2D eigenvalue weighted by Crippen LogP contribution is -2.33. The van der Waals surface area contributed by atoms with E-state index < -0.39 is 0 Å². The maximum atomic E-state index is 12.8. The summed E-state index contributed by atoms with van der Waals surface area (Å²) in [6, 6.07) is 11.5. The predicted molar refractivity (Wildman–Crippen MR) is 128 cm³/mol. The fraction of sp³-hybridized carbons (Fsp3) is 0.417. The van der Waals surface area contributed by atoms with Crippen LogP contribution in [0.15, 0.2) is 46.0 Å². The molecule has 0 atom stereocenters. The number of nitrogens with zero attached hydrogens (tertiary/aromatic N) is 3. The number of para-hydroxylation sites is 1. The first kappa shape index (κ1) is 23.1. The number of hydrogen-bond acceptors (Lipinski definition) is 7. The van der Waals surface area contributed by atoms with Gasteiger partial charge in [-0.25, -0.2) is 13.3 Å². The number of fused-ring (bicyclic) bond motifs is 1. The van der Waals surface area contributed by atoms with Gasteiger partial charge in [0.25, 0.3) is 0 Å². The standard InChI is InChI=1S/C24H29N3O5S/c1-30-20-8-5-4-7-18(20)16-26-23(28)27(33-24(26)29)11-6-10-25-12-9-17-13-21(31-2)22(32-3)14-19(17)15-25/h4-5,7-8,13-14H,6,9-12,15-16H2,1-3H3. The highest BCUT2D eigenvalue weighted by atomic mass is 32.1. The minimum Gasteiger partial charge on any atom is -0.496 e. The molecule has 8 nitrogen and oxygen atoms in total. The fourth-order valence-corrected chi connectivity index (χ4v) is 5.07. The summed E-state index contributed by atoms with van der Waals surface area (Å²) in [7, 11) is 4.88. The lowest BCUT2D eigenvalue weighted by Gasteiger charge is -2.29. The summed E-state index contributed by atoms with van der Waals surface area (Å²) in [6.07, 6.45) is 1.73. The fourth-order valence-electron chi connectivity index (χ4n) is 4.24. The Balaban J connectivity index is 1.38. The van der Waals surface area contributed by atoms with Crippen LogP contribution in [0, 0.1) is 0 Å². The number of aromatic nitrogens is 2. The zero-order valence-electron chi connectivity index (χ0n) is 19.2. The van der Waals surface area contributed by atoms with Gasteiger partial charge in [0.05, 0.1) is 27.9 Å². The molecule has 2 aromatic carbocycles. The number of methoxy groups -OCH3 is 3. The van der Waals surface area contributed by atoms with E-state index in [0.717, 1.165) is 61.1 Å². The molecule has 0 aliphatic carbocycles. The largest absolute Gasteiger partial charge is 0.496 e. The van der Waals surface area contributed by atoms with Crippen LogP contribution in [0.3, 0.4) is 0 Å². The normalized spacial score (nSPS) is 13.5. The Bertz CT molecular complexity index is 1230. The van der Waals surface area contributed by atoms with E-state index in [0.29, 0.717) is 12.3 Å². The van der Waals surface area contributed by atoms with Crippen LogP contribution in [0.4, 0.5) is 0 Å². The van der Waals surface area contributed by atoms with Crippen LogP contribution in [0.5, 0.6) is 17.2 Å². The van der Waals surface area contributed by atoms with Crippen molar-refractivity contribution in [3.63, 3.8) is 0 Å². The molecular weight excluding hydrogens is 442 g/mol. The molecule has 1 aliphatic heterocycles. The molecule has 9 heteroatoms. The molecule has 176 valence electrons. The molecule has 0 fully saturated rings. The molecule has 1 aromatic heterocycles. The third-order valence-corrected chi connectivity index (χ3v) is 6.94. The number of ether oxygens (including phenoxy) is 3. The monoisotopic (exact) mass is 471 g/mol. The SMILES string of the molecule is COc1ccccc1Cn1c(=O)sn(CCCN2CCc3cc(OC)c(OC)cc3C2)c1=O. The molecule has 3 aromatic rings. The van der Waals surface area contributed by atoms with Gasteiger partial charge in [0.15, 0.2) is 11.5 Å². The molecule has 4 rings (SSSR count). The molecule has 0 radical (unpaired) electrons. The summed E-state index contributed by atoms with van der Waals surface area (Å²) >= 11 is 0.980. The van der Waals surface area contributed by atoms with Crippen molar-refractivity contribution < 1.29 is 14.2 Å². The van der Waals surface area contributed by atoms with Gasteiger partial charge in [0.1, 0.15) is 5.75 Å². The Morgan fingerprint density at radius 1 is 0.909 bits per heavy atom. The number of hydrogen-bond donors (Lipinski definition) is 0. The van der Waals surface area contributed by atoms with Crippen LogP contribution < -0.4 is 24.8 Å². The molecule has 0 amide bonds. The van der Waals surface area contributed by atoms with E-state index in [9.17, 15) is 9.59 Å². The van der Waals surface area contributed by atoms with Crippen molar-refractivity contribution in [2.24, 2.45) is 0 Å². The first-order valence-corrected chi connectivity index (χ1v) is 11.7. The van der Waals surface area contributed by atoms with E-state index in [-0.39, 0.29) is 17.1 Å². The Morgan fingerprint density at radius 3 is 2.33 bits per heavy atom. The van der Waals surface area contributed by atoms with Crippen LogP contribution in [-0.2, 0) is 26.1 Å². The van der Waals surface area contributed by atoms with Crippen molar-refractivity contribution in [3.05, 3.63) is 73.2 Å². The Labute approximate surface area is 196 Å². The second kappa shape index (κ2) is 10.3. The van der Waals surface area contributed by atoms with Crippen molar-refractivity contribution in [2.75, 3.05) is 34.4 Å². The molecule has 0 bridgehead atoms. The first-order chi connectivity index (χ1) is 16.0. The van der Waals surface area contributed by atoms with Gasteiger partial charge in [-0.05, 0) is 42.2 Å². The third kappa shape index (κ3) is 4.99. The molecule has 33 heavy (non-hydrogen) atoms. The molecular formula is C24H29N3O5S. The van der Waals surface area contributed by atoms with E-state index >= 15 is 0 Å². The molecule has 0 saturated carbocycles. The van der Waals surface area contributed by atoms with Crippen molar-refractivity contribution in [1.29, 1.82) is 0 Å². The van der Waals surface area contributed by atoms with Gasteiger partial charge in [-0.1, -0.05) is 18.2 Å². The van der Waals surface area contributed by atoms with Gasteiger partial charge in [-0.15, -0.1) is 0 Å². The van der Waals surface area contributed by atoms with E-state index in [2.05, 4.69) is 17.0 Å². The first-order valence-electron chi connectivity index (χ1n) is 10.9. The number of benzene rings is 2. The van der Waals surface area contributed by atoms with Gasteiger partial charge in [0, 0.05) is 43.3 Å². The van der Waals surface area contributed by atoms with E-state index in [1.54, 1.807) is 25.3 Å². The quantitative estimate of drug-likeness (QED) is 0.478. The van der Waals surface area contributed by atoms with Crippen molar-refractivity contribution in [1.82, 2.24) is 13.4 Å². The van der Waals surface area contributed by atoms with Crippen LogP contribution in [0.2, 0.25) is 0 Å². The topological polar surface area (TPSA) is 74.9 Å². The second-order valence-corrected chi connectivity index (χ2v) is 8.97. The molecule has 0 unspecified atom stereocenters. The molecule has 2 heterocycles. The maximum Gasteiger partial charge on any atom is 0.341 e. The zero-order chi connectivity index (χ0) is 23.4. The van der Waals surface area contributed by atoms with Gasteiger partial charge in [-0.2, -0.15) is 0 Å². The predicted octanol–water partition coefficient (Wildman–Crippen LogP) is 2.59. The van der Waals surface area contributed by atoms with Crippen molar-refractivity contribution in [2.45, 2.75) is 32.5 Å². The lowest BCUT2D eigenvalue weighted by molar-refractivity contribution is 0.245. The van der Waals surface area contributed by atoms with Crippen LogP contribution >= 0.6 is 11.5 Å². The maximum absolute atomic E-state index is 12.8. The van der Waals surface area contributed by atoms with E-state index in [1.165, 1.54) is 15.7 Å². The second-order valence-electron chi connectivity index (χ2n) is 8.00.